The summed E-state index contributed by atoms with van der Waals surface area (Å²) in [4.78, 5) is 10.5. The van der Waals surface area contributed by atoms with Crippen molar-refractivity contribution >= 4 is 17.2 Å². The lowest BCUT2D eigenvalue weighted by atomic mass is 10.4. The third-order valence-electron chi connectivity index (χ3n) is 2.03. The Bertz CT molecular complexity index is 527. The molecule has 2 heterocycles. The zero-order valence-electron chi connectivity index (χ0n) is 8.77. The van der Waals surface area contributed by atoms with Crippen LogP contribution in [0.1, 0.15) is 15.4 Å². The summed E-state index contributed by atoms with van der Waals surface area (Å²) in [6.45, 7) is 2.74. The first-order valence-electron chi connectivity index (χ1n) is 4.80. The number of hydrogen-bond donors (Lipinski definition) is 1. The second kappa shape index (κ2) is 4.73. The summed E-state index contributed by atoms with van der Waals surface area (Å²) in [5.74, 6) is 0.538. The summed E-state index contributed by atoms with van der Waals surface area (Å²) in [5.41, 5.74) is 0.329. The van der Waals surface area contributed by atoms with Gasteiger partial charge in [-0.3, -0.25) is 0 Å². The molecular weight excluding hydrogens is 220 g/mol. The van der Waals surface area contributed by atoms with E-state index in [2.05, 4.69) is 34.3 Å². The number of aromatic nitrogens is 2. The molecule has 80 valence electrons. The number of anilines is 1. The Morgan fingerprint density at radius 1 is 1.38 bits per heavy atom. The SMILES string of the molecule is Cc1ccc(CNc2nccnc2C#N)s1. The third-order valence-corrected chi connectivity index (χ3v) is 3.03. The highest BCUT2D eigenvalue weighted by molar-refractivity contribution is 7.11. The van der Waals surface area contributed by atoms with Gasteiger partial charge in [0.25, 0.3) is 0 Å². The van der Waals surface area contributed by atoms with Gasteiger partial charge in [0, 0.05) is 22.1 Å². The van der Waals surface area contributed by atoms with Crippen molar-refractivity contribution in [3.05, 3.63) is 40.0 Å². The lowest BCUT2D eigenvalue weighted by Crippen LogP contribution is -2.03. The van der Waals surface area contributed by atoms with Crippen LogP contribution in [0.5, 0.6) is 0 Å². The quantitative estimate of drug-likeness (QED) is 0.879. The number of nitrogens with one attached hydrogen (secondary N) is 1. The van der Waals surface area contributed by atoms with Crippen molar-refractivity contribution in [2.45, 2.75) is 13.5 Å². The van der Waals surface area contributed by atoms with E-state index in [4.69, 9.17) is 5.26 Å². The van der Waals surface area contributed by atoms with E-state index < -0.39 is 0 Å². The van der Waals surface area contributed by atoms with Crippen LogP contribution in [0.2, 0.25) is 0 Å². The van der Waals surface area contributed by atoms with Crippen LogP contribution >= 0.6 is 11.3 Å². The molecule has 2 rings (SSSR count). The van der Waals surface area contributed by atoms with Crippen LogP contribution in [0, 0.1) is 18.3 Å². The number of nitriles is 1. The van der Waals surface area contributed by atoms with Crippen molar-refractivity contribution in [1.29, 1.82) is 5.26 Å². The van der Waals surface area contributed by atoms with E-state index >= 15 is 0 Å². The van der Waals surface area contributed by atoms with Gasteiger partial charge in [0.15, 0.2) is 11.5 Å². The molecule has 16 heavy (non-hydrogen) atoms. The van der Waals surface area contributed by atoms with Gasteiger partial charge < -0.3 is 5.32 Å². The van der Waals surface area contributed by atoms with Gasteiger partial charge >= 0.3 is 0 Å². The minimum absolute atomic E-state index is 0.329. The van der Waals surface area contributed by atoms with Crippen LogP contribution in [0.3, 0.4) is 0 Å². The standard InChI is InChI=1S/C11H10N4S/c1-8-2-3-9(16-8)7-15-11-10(6-12)13-4-5-14-11/h2-5H,7H2,1H3,(H,14,15). The first-order valence-corrected chi connectivity index (χ1v) is 5.61. The summed E-state index contributed by atoms with van der Waals surface area (Å²) in [7, 11) is 0. The molecule has 0 spiro atoms. The smallest absolute Gasteiger partial charge is 0.182 e. The molecule has 0 aliphatic heterocycles. The lowest BCUT2D eigenvalue weighted by Gasteiger charge is -2.03. The van der Waals surface area contributed by atoms with Gasteiger partial charge in [-0.05, 0) is 19.1 Å². The van der Waals surface area contributed by atoms with E-state index in [0.717, 1.165) is 0 Å². The van der Waals surface area contributed by atoms with Crippen molar-refractivity contribution < 1.29 is 0 Å². The van der Waals surface area contributed by atoms with Gasteiger partial charge in [-0.15, -0.1) is 11.3 Å². The summed E-state index contributed by atoms with van der Waals surface area (Å²) in [5, 5.41) is 11.9. The fourth-order valence-corrected chi connectivity index (χ4v) is 2.13. The van der Waals surface area contributed by atoms with Crippen molar-refractivity contribution in [3.8, 4) is 6.07 Å². The Labute approximate surface area is 97.6 Å². The average molecular weight is 230 g/mol. The predicted octanol–water partition coefficient (Wildman–Crippen LogP) is 2.33. The molecule has 0 atom stereocenters. The van der Waals surface area contributed by atoms with Crippen LogP contribution in [0.4, 0.5) is 5.82 Å². The molecule has 2 aromatic heterocycles. The first-order chi connectivity index (χ1) is 7.79. The van der Waals surface area contributed by atoms with Gasteiger partial charge in [-0.25, -0.2) is 9.97 Å². The average Bonchev–Trinajstić information content (AvgIpc) is 2.73. The molecule has 0 saturated carbocycles. The highest BCUT2D eigenvalue weighted by atomic mass is 32.1. The number of hydrogen-bond acceptors (Lipinski definition) is 5. The van der Waals surface area contributed by atoms with E-state index in [1.807, 2.05) is 6.07 Å². The maximum atomic E-state index is 8.83. The number of nitrogens with zero attached hydrogens (tertiary/aromatic N) is 3. The van der Waals surface area contributed by atoms with Crippen LogP contribution < -0.4 is 5.32 Å². The van der Waals surface area contributed by atoms with Gasteiger partial charge in [0.1, 0.15) is 6.07 Å². The molecule has 2 aromatic rings. The lowest BCUT2D eigenvalue weighted by molar-refractivity contribution is 1.09. The second-order valence-electron chi connectivity index (χ2n) is 3.23. The predicted molar refractivity (Wildman–Crippen MR) is 63.1 cm³/mol. The number of rotatable bonds is 3. The van der Waals surface area contributed by atoms with E-state index in [1.165, 1.54) is 16.0 Å². The van der Waals surface area contributed by atoms with Gasteiger partial charge in [0.2, 0.25) is 0 Å². The molecule has 0 saturated heterocycles. The van der Waals surface area contributed by atoms with Gasteiger partial charge in [0.05, 0.1) is 6.54 Å². The van der Waals surface area contributed by atoms with Crippen LogP contribution in [-0.4, -0.2) is 9.97 Å². The Morgan fingerprint density at radius 3 is 2.88 bits per heavy atom. The molecule has 5 heteroatoms. The Morgan fingerprint density at radius 2 is 2.19 bits per heavy atom. The molecule has 0 amide bonds. The van der Waals surface area contributed by atoms with Crippen LogP contribution in [0.25, 0.3) is 0 Å². The van der Waals surface area contributed by atoms with Crippen molar-refractivity contribution in [2.75, 3.05) is 5.32 Å². The largest absolute Gasteiger partial charge is 0.363 e. The fourth-order valence-electron chi connectivity index (χ4n) is 1.30. The van der Waals surface area contributed by atoms with Gasteiger partial charge in [-0.2, -0.15) is 5.26 Å². The molecule has 0 fully saturated rings. The summed E-state index contributed by atoms with van der Waals surface area (Å²) in [6, 6.07) is 6.14. The minimum Gasteiger partial charge on any atom is -0.363 e. The Balaban J connectivity index is 2.08. The third kappa shape index (κ3) is 2.35. The Kier molecular flexibility index (Phi) is 3.13. The maximum absolute atomic E-state index is 8.83. The van der Waals surface area contributed by atoms with Crippen molar-refractivity contribution in [3.63, 3.8) is 0 Å². The van der Waals surface area contributed by atoms with E-state index in [-0.39, 0.29) is 0 Å². The summed E-state index contributed by atoms with van der Waals surface area (Å²) in [6.07, 6.45) is 3.09. The summed E-state index contributed by atoms with van der Waals surface area (Å²) < 4.78 is 0. The fraction of sp³-hybridized carbons (Fsp3) is 0.182. The number of aryl methyl sites for hydroxylation is 1. The first kappa shape index (κ1) is 10.6. The normalized spacial score (nSPS) is 9.75. The van der Waals surface area contributed by atoms with Crippen LogP contribution in [-0.2, 0) is 6.54 Å². The van der Waals surface area contributed by atoms with Gasteiger partial charge in [-0.1, -0.05) is 0 Å². The topological polar surface area (TPSA) is 61.6 Å². The highest BCUT2D eigenvalue weighted by Crippen LogP contribution is 2.16. The molecule has 0 bridgehead atoms. The molecule has 0 aliphatic carbocycles. The zero-order valence-corrected chi connectivity index (χ0v) is 9.58. The van der Waals surface area contributed by atoms with Crippen molar-refractivity contribution in [1.82, 2.24) is 9.97 Å². The van der Waals surface area contributed by atoms with E-state index in [1.54, 1.807) is 17.5 Å². The van der Waals surface area contributed by atoms with E-state index in [9.17, 15) is 0 Å². The molecule has 4 nitrogen and oxygen atoms in total. The van der Waals surface area contributed by atoms with Crippen LogP contribution in [0.15, 0.2) is 24.5 Å². The highest BCUT2D eigenvalue weighted by Gasteiger charge is 2.03. The van der Waals surface area contributed by atoms with Crippen molar-refractivity contribution in [2.24, 2.45) is 0 Å². The Hall–Kier alpha value is -1.93. The molecule has 0 unspecified atom stereocenters. The molecule has 0 radical (unpaired) electrons. The zero-order chi connectivity index (χ0) is 11.4. The second-order valence-corrected chi connectivity index (χ2v) is 4.60. The molecule has 0 aromatic carbocycles. The molecule has 1 N–H and O–H groups in total. The minimum atomic E-state index is 0.329. The molecule has 0 aliphatic rings. The molecular formula is C11H10N4S. The monoisotopic (exact) mass is 230 g/mol. The number of thiophene rings is 1. The maximum Gasteiger partial charge on any atom is 0.182 e. The summed E-state index contributed by atoms with van der Waals surface area (Å²) >= 11 is 1.73. The van der Waals surface area contributed by atoms with E-state index in [0.29, 0.717) is 18.1 Å².